The maximum Gasteiger partial charge on any atom is 0.137 e. The van der Waals surface area contributed by atoms with E-state index in [2.05, 4.69) is 73.1 Å². The number of aromatic nitrogens is 2. The molecular formula is C17H19N3. The molecule has 0 amide bonds. The standard InChI is InChI=1S/C17H19N3/c1-4-18-15-9-10-16-19-17(13(3)20(16)11-15)14-7-5-12(2)6-8-14/h5-11,18H,4H2,1-3H3. The Morgan fingerprint density at radius 1 is 1.05 bits per heavy atom. The van der Waals surface area contributed by atoms with E-state index in [4.69, 9.17) is 4.98 Å². The van der Waals surface area contributed by atoms with Crippen LogP contribution in [0.25, 0.3) is 16.9 Å². The van der Waals surface area contributed by atoms with Crippen molar-refractivity contribution in [2.45, 2.75) is 20.8 Å². The molecule has 0 atom stereocenters. The topological polar surface area (TPSA) is 29.3 Å². The van der Waals surface area contributed by atoms with Gasteiger partial charge in [-0.25, -0.2) is 4.98 Å². The predicted molar refractivity (Wildman–Crippen MR) is 84.3 cm³/mol. The molecule has 1 N–H and O–H groups in total. The lowest BCUT2D eigenvalue weighted by molar-refractivity contribution is 1.10. The Morgan fingerprint density at radius 2 is 1.80 bits per heavy atom. The molecular weight excluding hydrogens is 246 g/mol. The molecule has 3 nitrogen and oxygen atoms in total. The molecule has 0 fully saturated rings. The van der Waals surface area contributed by atoms with Crippen molar-refractivity contribution in [2.24, 2.45) is 0 Å². The molecule has 0 radical (unpaired) electrons. The molecule has 0 saturated carbocycles. The SMILES string of the molecule is CCNc1ccc2nc(-c3ccc(C)cc3)c(C)n2c1. The van der Waals surface area contributed by atoms with Crippen molar-refractivity contribution in [1.29, 1.82) is 0 Å². The van der Waals surface area contributed by atoms with Gasteiger partial charge in [0.05, 0.1) is 11.4 Å². The number of benzene rings is 1. The Bertz CT molecular complexity index is 739. The van der Waals surface area contributed by atoms with Gasteiger partial charge in [-0.15, -0.1) is 0 Å². The van der Waals surface area contributed by atoms with E-state index in [0.717, 1.165) is 23.6 Å². The largest absolute Gasteiger partial charge is 0.384 e. The van der Waals surface area contributed by atoms with Crippen molar-refractivity contribution in [3.05, 3.63) is 53.9 Å². The van der Waals surface area contributed by atoms with E-state index in [1.54, 1.807) is 0 Å². The van der Waals surface area contributed by atoms with E-state index in [1.165, 1.54) is 16.8 Å². The maximum absolute atomic E-state index is 4.75. The monoisotopic (exact) mass is 265 g/mol. The number of imidazole rings is 1. The van der Waals surface area contributed by atoms with Crippen LogP contribution in [0.2, 0.25) is 0 Å². The third-order valence-electron chi connectivity index (χ3n) is 3.56. The summed E-state index contributed by atoms with van der Waals surface area (Å²) < 4.78 is 2.15. The number of nitrogens with one attached hydrogen (secondary N) is 1. The van der Waals surface area contributed by atoms with E-state index < -0.39 is 0 Å². The fourth-order valence-electron chi connectivity index (χ4n) is 2.46. The van der Waals surface area contributed by atoms with Gasteiger partial charge in [0.25, 0.3) is 0 Å². The first-order valence-corrected chi connectivity index (χ1v) is 6.98. The van der Waals surface area contributed by atoms with Gasteiger partial charge in [-0.2, -0.15) is 0 Å². The van der Waals surface area contributed by atoms with Crippen molar-refractivity contribution < 1.29 is 0 Å². The molecule has 2 aromatic heterocycles. The number of anilines is 1. The summed E-state index contributed by atoms with van der Waals surface area (Å²) in [5.74, 6) is 0. The normalized spacial score (nSPS) is 10.9. The van der Waals surface area contributed by atoms with Crippen LogP contribution in [0.3, 0.4) is 0 Å². The lowest BCUT2D eigenvalue weighted by atomic mass is 10.1. The zero-order valence-electron chi connectivity index (χ0n) is 12.1. The highest BCUT2D eigenvalue weighted by molar-refractivity contribution is 5.67. The third kappa shape index (κ3) is 2.16. The Kier molecular flexibility index (Phi) is 3.18. The van der Waals surface area contributed by atoms with Crippen molar-refractivity contribution >= 4 is 11.3 Å². The van der Waals surface area contributed by atoms with Crippen LogP contribution >= 0.6 is 0 Å². The highest BCUT2D eigenvalue weighted by Crippen LogP contribution is 2.25. The Balaban J connectivity index is 2.12. The van der Waals surface area contributed by atoms with E-state index in [9.17, 15) is 0 Å². The summed E-state index contributed by atoms with van der Waals surface area (Å²) in [6.45, 7) is 7.24. The number of hydrogen-bond donors (Lipinski definition) is 1. The number of rotatable bonds is 3. The third-order valence-corrected chi connectivity index (χ3v) is 3.56. The minimum absolute atomic E-state index is 0.921. The lowest BCUT2D eigenvalue weighted by Crippen LogP contribution is -1.98. The van der Waals surface area contributed by atoms with Crippen LogP contribution in [-0.4, -0.2) is 15.9 Å². The molecule has 0 bridgehead atoms. The van der Waals surface area contributed by atoms with Gasteiger partial charge in [-0.1, -0.05) is 29.8 Å². The van der Waals surface area contributed by atoms with Crippen LogP contribution in [-0.2, 0) is 0 Å². The van der Waals surface area contributed by atoms with Crippen molar-refractivity contribution in [1.82, 2.24) is 9.38 Å². The van der Waals surface area contributed by atoms with Gasteiger partial charge >= 0.3 is 0 Å². The van der Waals surface area contributed by atoms with Crippen LogP contribution < -0.4 is 5.32 Å². The molecule has 0 saturated heterocycles. The zero-order valence-corrected chi connectivity index (χ0v) is 12.1. The number of hydrogen-bond acceptors (Lipinski definition) is 2. The van der Waals surface area contributed by atoms with Gasteiger partial charge in [0.1, 0.15) is 5.65 Å². The highest BCUT2D eigenvalue weighted by atomic mass is 15.0. The smallest absolute Gasteiger partial charge is 0.137 e. The first kappa shape index (κ1) is 12.7. The van der Waals surface area contributed by atoms with E-state index in [1.807, 2.05) is 0 Å². The highest BCUT2D eigenvalue weighted by Gasteiger charge is 2.10. The fraction of sp³-hybridized carbons (Fsp3) is 0.235. The summed E-state index contributed by atoms with van der Waals surface area (Å²) in [4.78, 5) is 4.75. The molecule has 0 aliphatic rings. The first-order valence-electron chi connectivity index (χ1n) is 6.98. The minimum atomic E-state index is 0.921. The summed E-state index contributed by atoms with van der Waals surface area (Å²) in [7, 11) is 0. The molecule has 102 valence electrons. The maximum atomic E-state index is 4.75. The molecule has 20 heavy (non-hydrogen) atoms. The quantitative estimate of drug-likeness (QED) is 0.774. The number of nitrogens with zero attached hydrogens (tertiary/aromatic N) is 2. The zero-order chi connectivity index (χ0) is 14.1. The minimum Gasteiger partial charge on any atom is -0.384 e. The first-order chi connectivity index (χ1) is 9.69. The van der Waals surface area contributed by atoms with Crippen LogP contribution in [0.5, 0.6) is 0 Å². The van der Waals surface area contributed by atoms with Gasteiger partial charge in [0.2, 0.25) is 0 Å². The van der Waals surface area contributed by atoms with E-state index >= 15 is 0 Å². The molecule has 0 aliphatic carbocycles. The van der Waals surface area contributed by atoms with Gasteiger partial charge < -0.3 is 9.72 Å². The second-order valence-corrected chi connectivity index (χ2v) is 5.09. The van der Waals surface area contributed by atoms with Crippen LogP contribution in [0.15, 0.2) is 42.6 Å². The van der Waals surface area contributed by atoms with Crippen molar-refractivity contribution in [2.75, 3.05) is 11.9 Å². The Morgan fingerprint density at radius 3 is 2.50 bits per heavy atom. The molecule has 3 aromatic rings. The molecule has 0 unspecified atom stereocenters. The second-order valence-electron chi connectivity index (χ2n) is 5.09. The van der Waals surface area contributed by atoms with Crippen LogP contribution in [0, 0.1) is 13.8 Å². The second kappa shape index (κ2) is 5.00. The van der Waals surface area contributed by atoms with Gasteiger partial charge in [0.15, 0.2) is 0 Å². The summed E-state index contributed by atoms with van der Waals surface area (Å²) >= 11 is 0. The molecule has 1 aromatic carbocycles. The fourth-order valence-corrected chi connectivity index (χ4v) is 2.46. The number of aryl methyl sites for hydroxylation is 2. The summed E-state index contributed by atoms with van der Waals surface area (Å²) in [6, 6.07) is 12.7. The predicted octanol–water partition coefficient (Wildman–Crippen LogP) is 4.05. The Hall–Kier alpha value is -2.29. The summed E-state index contributed by atoms with van der Waals surface area (Å²) in [5, 5.41) is 3.33. The number of fused-ring (bicyclic) bond motifs is 1. The van der Waals surface area contributed by atoms with Crippen LogP contribution in [0.4, 0.5) is 5.69 Å². The van der Waals surface area contributed by atoms with Crippen molar-refractivity contribution in [3.63, 3.8) is 0 Å². The van der Waals surface area contributed by atoms with Gasteiger partial charge in [-0.05, 0) is 32.9 Å². The van der Waals surface area contributed by atoms with Gasteiger partial charge in [-0.3, -0.25) is 0 Å². The molecule has 0 spiro atoms. The van der Waals surface area contributed by atoms with Crippen molar-refractivity contribution in [3.8, 4) is 11.3 Å². The molecule has 3 heteroatoms. The summed E-state index contributed by atoms with van der Waals surface area (Å²) in [5.41, 5.74) is 6.77. The van der Waals surface area contributed by atoms with E-state index in [0.29, 0.717) is 0 Å². The van der Waals surface area contributed by atoms with Crippen LogP contribution in [0.1, 0.15) is 18.2 Å². The Labute approximate surface area is 119 Å². The van der Waals surface area contributed by atoms with E-state index in [-0.39, 0.29) is 0 Å². The molecule has 3 rings (SSSR count). The average Bonchev–Trinajstić information content (AvgIpc) is 2.78. The average molecular weight is 265 g/mol. The molecule has 2 heterocycles. The van der Waals surface area contributed by atoms with Gasteiger partial charge in [0, 0.05) is 24.0 Å². The summed E-state index contributed by atoms with van der Waals surface area (Å²) in [6.07, 6.45) is 2.11. The molecule has 0 aliphatic heterocycles. The lowest BCUT2D eigenvalue weighted by Gasteiger charge is -2.04. The number of pyridine rings is 1.